The number of nitrogens with two attached hydrogens (primary N) is 1. The van der Waals surface area contributed by atoms with E-state index in [-0.39, 0.29) is 25.7 Å². The molecular weight excluding hydrogens is 162 g/mol. The Morgan fingerprint density at radius 2 is 1.58 bits per heavy atom. The Balaban J connectivity index is 0. The number of amides is 1. The van der Waals surface area contributed by atoms with E-state index in [0.717, 1.165) is 6.08 Å². The summed E-state index contributed by atoms with van der Waals surface area (Å²) in [6.07, 6.45) is 1.06. The maximum atomic E-state index is 9.47. The van der Waals surface area contributed by atoms with Gasteiger partial charge in [-0.3, -0.25) is 4.79 Å². The third kappa shape index (κ3) is 11.8. The van der Waals surface area contributed by atoms with Gasteiger partial charge in [0.05, 0.1) is 19.8 Å². The quantitative estimate of drug-likeness (QED) is 0.382. The number of aliphatic hydroxyl groups excluding tert-OH is 3. The van der Waals surface area contributed by atoms with Crippen molar-refractivity contribution in [3.8, 4) is 0 Å². The van der Waals surface area contributed by atoms with Gasteiger partial charge in [-0.1, -0.05) is 6.58 Å². The van der Waals surface area contributed by atoms with E-state index in [9.17, 15) is 4.79 Å². The molecule has 1 amide bonds. The molecule has 72 valence electrons. The number of aliphatic hydroxyl groups is 3. The molecule has 0 aromatic carbocycles. The molecule has 0 spiro atoms. The highest BCUT2D eigenvalue weighted by molar-refractivity contribution is 5.84. The molecule has 0 rings (SSSR count). The summed E-state index contributed by atoms with van der Waals surface area (Å²) in [6.45, 7) is 2.65. The minimum Gasteiger partial charge on any atom is -0.396 e. The minimum atomic E-state index is -0.481. The maximum absolute atomic E-state index is 9.47. The lowest BCUT2D eigenvalue weighted by atomic mass is 10.2. The first-order valence-corrected chi connectivity index (χ1v) is 3.36. The average Bonchev–Trinajstić information content (AvgIpc) is 2.09. The SMILES string of the molecule is C=CC(N)=O.OCC(CO)CO. The summed E-state index contributed by atoms with van der Waals surface area (Å²) in [5.41, 5.74) is 4.53. The number of carbonyl (C=O) groups is 1. The second kappa shape index (κ2) is 10.1. The molecule has 0 aliphatic rings. The number of rotatable bonds is 4. The highest BCUT2D eigenvalue weighted by Gasteiger charge is 2.00. The summed E-state index contributed by atoms with van der Waals surface area (Å²) in [5.74, 6) is -0.829. The predicted octanol–water partition coefficient (Wildman–Crippen LogP) is -1.76. The van der Waals surface area contributed by atoms with Crippen LogP contribution in [0, 0.1) is 5.92 Å². The molecule has 0 saturated heterocycles. The van der Waals surface area contributed by atoms with Crippen molar-refractivity contribution in [3.63, 3.8) is 0 Å². The summed E-state index contributed by atoms with van der Waals surface area (Å²) >= 11 is 0. The van der Waals surface area contributed by atoms with E-state index in [0.29, 0.717) is 0 Å². The molecule has 0 aromatic rings. The van der Waals surface area contributed by atoms with Gasteiger partial charge in [-0.05, 0) is 6.08 Å². The van der Waals surface area contributed by atoms with Crippen LogP contribution in [0.25, 0.3) is 0 Å². The zero-order valence-electron chi connectivity index (χ0n) is 6.81. The van der Waals surface area contributed by atoms with Gasteiger partial charge in [0.1, 0.15) is 0 Å². The molecule has 5 N–H and O–H groups in total. The van der Waals surface area contributed by atoms with Gasteiger partial charge in [0.2, 0.25) is 5.91 Å². The smallest absolute Gasteiger partial charge is 0.240 e. The van der Waals surface area contributed by atoms with Gasteiger partial charge in [0, 0.05) is 5.92 Å². The Kier molecular flexibility index (Phi) is 11.5. The first-order chi connectivity index (χ1) is 5.62. The summed E-state index contributed by atoms with van der Waals surface area (Å²) in [4.78, 5) is 9.47. The minimum absolute atomic E-state index is 0.146. The number of hydrogen-bond donors (Lipinski definition) is 4. The normalized spacial score (nSPS) is 8.67. The van der Waals surface area contributed by atoms with Crippen molar-refractivity contribution in [2.24, 2.45) is 11.7 Å². The van der Waals surface area contributed by atoms with Gasteiger partial charge in [-0.2, -0.15) is 0 Å². The highest BCUT2D eigenvalue weighted by Crippen LogP contribution is 1.87. The van der Waals surface area contributed by atoms with Crippen LogP contribution < -0.4 is 5.73 Å². The monoisotopic (exact) mass is 177 g/mol. The van der Waals surface area contributed by atoms with Crippen LogP contribution in [0.15, 0.2) is 12.7 Å². The molecule has 12 heavy (non-hydrogen) atoms. The second-order valence-electron chi connectivity index (χ2n) is 2.02. The topological polar surface area (TPSA) is 104 Å². The van der Waals surface area contributed by atoms with Gasteiger partial charge in [-0.25, -0.2) is 0 Å². The summed E-state index contributed by atoms with van der Waals surface area (Å²) in [7, 11) is 0. The van der Waals surface area contributed by atoms with Crippen molar-refractivity contribution >= 4 is 5.91 Å². The molecule has 0 bridgehead atoms. The Labute approximate surface area is 71.1 Å². The molecule has 0 unspecified atom stereocenters. The van der Waals surface area contributed by atoms with Crippen molar-refractivity contribution in [1.82, 2.24) is 0 Å². The van der Waals surface area contributed by atoms with Gasteiger partial charge in [0.15, 0.2) is 0 Å². The van der Waals surface area contributed by atoms with Crippen molar-refractivity contribution < 1.29 is 20.1 Å². The lowest BCUT2D eigenvalue weighted by Crippen LogP contribution is -2.14. The van der Waals surface area contributed by atoms with E-state index < -0.39 is 5.91 Å². The van der Waals surface area contributed by atoms with Crippen molar-refractivity contribution in [2.75, 3.05) is 19.8 Å². The van der Waals surface area contributed by atoms with Crippen molar-refractivity contribution in [3.05, 3.63) is 12.7 Å². The van der Waals surface area contributed by atoms with Crippen LogP contribution in [-0.4, -0.2) is 41.0 Å². The van der Waals surface area contributed by atoms with E-state index in [1.807, 2.05) is 0 Å². The Bertz CT molecular complexity index is 117. The van der Waals surface area contributed by atoms with Gasteiger partial charge >= 0.3 is 0 Å². The predicted molar refractivity (Wildman–Crippen MR) is 44.1 cm³/mol. The first-order valence-electron chi connectivity index (χ1n) is 3.36. The molecule has 0 atom stereocenters. The van der Waals surface area contributed by atoms with Crippen LogP contribution in [0.4, 0.5) is 0 Å². The van der Waals surface area contributed by atoms with E-state index in [1.54, 1.807) is 0 Å². The zero-order chi connectivity index (χ0) is 9.98. The number of carbonyl (C=O) groups excluding carboxylic acids is 1. The Morgan fingerprint density at radius 3 is 1.58 bits per heavy atom. The molecule has 0 aromatic heterocycles. The lowest BCUT2D eigenvalue weighted by molar-refractivity contribution is -0.113. The van der Waals surface area contributed by atoms with Crippen LogP contribution >= 0.6 is 0 Å². The van der Waals surface area contributed by atoms with E-state index in [4.69, 9.17) is 15.3 Å². The fourth-order valence-electron chi connectivity index (χ4n) is 0.173. The average molecular weight is 177 g/mol. The third-order valence-corrected chi connectivity index (χ3v) is 0.976. The zero-order valence-corrected chi connectivity index (χ0v) is 6.81. The standard InChI is InChI=1S/C4H10O3.C3H5NO/c5-1-4(2-6)3-7;1-2-3(4)5/h4-7H,1-3H2;2H,1H2,(H2,4,5). The lowest BCUT2D eigenvalue weighted by Gasteiger charge is -2.02. The third-order valence-electron chi connectivity index (χ3n) is 0.976. The van der Waals surface area contributed by atoms with Crippen molar-refractivity contribution in [1.29, 1.82) is 0 Å². The molecule has 5 heteroatoms. The van der Waals surface area contributed by atoms with Crippen molar-refractivity contribution in [2.45, 2.75) is 0 Å². The molecule has 0 heterocycles. The van der Waals surface area contributed by atoms with Crippen LogP contribution in [-0.2, 0) is 4.79 Å². The highest BCUT2D eigenvalue weighted by atomic mass is 16.3. The van der Waals surface area contributed by atoms with E-state index in [1.165, 1.54) is 0 Å². The van der Waals surface area contributed by atoms with Crippen LogP contribution in [0.3, 0.4) is 0 Å². The fourth-order valence-corrected chi connectivity index (χ4v) is 0.173. The molecule has 0 aliphatic heterocycles. The summed E-state index contributed by atoms with van der Waals surface area (Å²) in [6, 6.07) is 0. The Hall–Kier alpha value is -0.910. The Morgan fingerprint density at radius 1 is 1.33 bits per heavy atom. The summed E-state index contributed by atoms with van der Waals surface area (Å²) in [5, 5.41) is 24.6. The second-order valence-corrected chi connectivity index (χ2v) is 2.02. The molecule has 5 nitrogen and oxygen atoms in total. The molecule has 0 fully saturated rings. The van der Waals surface area contributed by atoms with E-state index >= 15 is 0 Å². The van der Waals surface area contributed by atoms with Gasteiger partial charge in [0.25, 0.3) is 0 Å². The first kappa shape index (κ1) is 13.7. The fraction of sp³-hybridized carbons (Fsp3) is 0.571. The summed E-state index contributed by atoms with van der Waals surface area (Å²) < 4.78 is 0. The van der Waals surface area contributed by atoms with Crippen LogP contribution in [0.5, 0.6) is 0 Å². The van der Waals surface area contributed by atoms with Crippen LogP contribution in [0.2, 0.25) is 0 Å². The molecular formula is C7H15NO4. The van der Waals surface area contributed by atoms with Crippen LogP contribution in [0.1, 0.15) is 0 Å². The largest absolute Gasteiger partial charge is 0.396 e. The molecule has 0 radical (unpaired) electrons. The number of primary amides is 1. The number of hydrogen-bond acceptors (Lipinski definition) is 4. The van der Waals surface area contributed by atoms with Gasteiger partial charge < -0.3 is 21.1 Å². The molecule has 0 saturated carbocycles. The van der Waals surface area contributed by atoms with E-state index in [2.05, 4.69) is 12.3 Å². The van der Waals surface area contributed by atoms with Gasteiger partial charge in [-0.15, -0.1) is 0 Å². The maximum Gasteiger partial charge on any atom is 0.240 e. The molecule has 0 aliphatic carbocycles.